The van der Waals surface area contributed by atoms with Gasteiger partial charge in [0.25, 0.3) is 0 Å². The highest BCUT2D eigenvalue weighted by Crippen LogP contribution is 2.53. The van der Waals surface area contributed by atoms with Crippen molar-refractivity contribution in [3.05, 3.63) is 46.5 Å². The van der Waals surface area contributed by atoms with Gasteiger partial charge in [-0.05, 0) is 29.8 Å². The van der Waals surface area contributed by atoms with Crippen LogP contribution in [0.2, 0.25) is 5.02 Å². The summed E-state index contributed by atoms with van der Waals surface area (Å²) in [6, 6.07) is 13.5. The number of benzene rings is 1. The van der Waals surface area contributed by atoms with E-state index in [4.69, 9.17) is 17.0 Å². The summed E-state index contributed by atoms with van der Waals surface area (Å²) in [4.78, 5) is 2.22. The smallest absolute Gasteiger partial charge is 0.189 e. The van der Waals surface area contributed by atoms with Gasteiger partial charge in [-0.25, -0.2) is 0 Å². The molecule has 0 radical (unpaired) electrons. The van der Waals surface area contributed by atoms with Gasteiger partial charge in [-0.15, -0.1) is 0 Å². The van der Waals surface area contributed by atoms with Crippen LogP contribution >= 0.6 is 11.6 Å². The van der Waals surface area contributed by atoms with E-state index in [1.165, 1.54) is 0 Å². The number of hydrogen-bond donors (Lipinski definition) is 1. The molecule has 1 N–H and O–H groups in total. The van der Waals surface area contributed by atoms with Crippen LogP contribution in [0.4, 0.5) is 0 Å². The van der Waals surface area contributed by atoms with Crippen LogP contribution in [-0.4, -0.2) is 30.2 Å². The lowest BCUT2D eigenvalue weighted by atomic mass is 9.54. The van der Waals surface area contributed by atoms with Gasteiger partial charge in [0.1, 0.15) is 5.92 Å². The van der Waals surface area contributed by atoms with Crippen molar-refractivity contribution in [1.82, 2.24) is 4.90 Å². The minimum Gasteiger partial charge on any atom is -0.305 e. The van der Waals surface area contributed by atoms with Crippen molar-refractivity contribution in [3.63, 3.8) is 0 Å². The van der Waals surface area contributed by atoms with Crippen LogP contribution < -0.4 is 0 Å². The van der Waals surface area contributed by atoms with Gasteiger partial charge in [-0.2, -0.15) is 15.8 Å². The Hall–Kier alpha value is -2.65. The van der Waals surface area contributed by atoms with Gasteiger partial charge in [-0.1, -0.05) is 36.7 Å². The van der Waals surface area contributed by atoms with E-state index in [9.17, 15) is 15.8 Å². The normalized spacial score (nSPS) is 27.4. The molecule has 1 aromatic rings. The van der Waals surface area contributed by atoms with E-state index < -0.39 is 17.3 Å². The summed E-state index contributed by atoms with van der Waals surface area (Å²) in [5, 5.41) is 38.7. The van der Waals surface area contributed by atoms with Gasteiger partial charge in [0.05, 0.1) is 23.9 Å². The second-order valence-electron chi connectivity index (χ2n) is 6.70. The first-order valence-electron chi connectivity index (χ1n) is 8.51. The summed E-state index contributed by atoms with van der Waals surface area (Å²) in [7, 11) is 0. The molecule has 1 heterocycles. The molecule has 1 fully saturated rings. The average Bonchev–Trinajstić information content (AvgIpc) is 2.68. The molecule has 1 aromatic carbocycles. The first kappa shape index (κ1) is 18.2. The molecule has 5 nitrogen and oxygen atoms in total. The molecule has 3 atom stereocenters. The average molecular weight is 364 g/mol. The van der Waals surface area contributed by atoms with Gasteiger partial charge in [-0.3, -0.25) is 4.90 Å². The largest absolute Gasteiger partial charge is 0.305 e. The molecule has 0 bridgehead atoms. The Morgan fingerprint density at radius 2 is 1.88 bits per heavy atom. The fourth-order valence-electron chi connectivity index (χ4n) is 4.17. The molecule has 1 saturated carbocycles. The number of nitrogens with one attached hydrogen (secondary N) is 1. The first-order chi connectivity index (χ1) is 12.5. The van der Waals surface area contributed by atoms with E-state index in [0.29, 0.717) is 18.1 Å². The molecular formula is C20H18ClN5. The standard InChI is InChI=1S/C20H18ClN5/c1-2-26-8-7-15-16(9-22)19(25)20(11-23,12-24)18(17(15)10-26)13-3-5-14(21)6-4-13/h3-7,16-18,25H,2,8,10H2,1H3/t16?,17-,18+/m1/s1. The molecule has 0 aromatic heterocycles. The lowest BCUT2D eigenvalue weighted by Gasteiger charge is -2.47. The number of fused-ring (bicyclic) bond motifs is 1. The topological polar surface area (TPSA) is 98.5 Å². The molecule has 0 amide bonds. The van der Waals surface area contributed by atoms with Crippen molar-refractivity contribution < 1.29 is 0 Å². The van der Waals surface area contributed by atoms with Crippen molar-refractivity contribution in [2.75, 3.05) is 19.6 Å². The predicted molar refractivity (Wildman–Crippen MR) is 98.4 cm³/mol. The molecule has 2 aliphatic rings. The molecule has 6 heteroatoms. The van der Waals surface area contributed by atoms with Crippen LogP contribution in [0.25, 0.3) is 0 Å². The Bertz CT molecular complexity index is 867. The maximum atomic E-state index is 9.94. The van der Waals surface area contributed by atoms with E-state index >= 15 is 0 Å². The highest BCUT2D eigenvalue weighted by Gasteiger charge is 2.57. The third kappa shape index (κ3) is 2.60. The monoisotopic (exact) mass is 363 g/mol. The van der Waals surface area contributed by atoms with Gasteiger partial charge >= 0.3 is 0 Å². The third-order valence-electron chi connectivity index (χ3n) is 5.54. The zero-order chi connectivity index (χ0) is 18.9. The summed E-state index contributed by atoms with van der Waals surface area (Å²) < 4.78 is 0. The van der Waals surface area contributed by atoms with Crippen LogP contribution in [0.5, 0.6) is 0 Å². The van der Waals surface area contributed by atoms with E-state index in [0.717, 1.165) is 17.7 Å². The Kier molecular flexibility index (Phi) is 4.84. The molecular weight excluding hydrogens is 346 g/mol. The van der Waals surface area contributed by atoms with Crippen LogP contribution in [0, 0.1) is 56.7 Å². The fourth-order valence-corrected chi connectivity index (χ4v) is 4.30. The number of likely N-dealkylation sites (N-methyl/N-ethyl adjacent to an activating group) is 1. The molecule has 1 aliphatic heterocycles. The molecule has 0 spiro atoms. The van der Waals surface area contributed by atoms with Gasteiger partial charge in [0.2, 0.25) is 0 Å². The molecule has 130 valence electrons. The molecule has 26 heavy (non-hydrogen) atoms. The third-order valence-corrected chi connectivity index (χ3v) is 5.79. The van der Waals surface area contributed by atoms with Crippen LogP contribution in [-0.2, 0) is 0 Å². The molecule has 1 aliphatic carbocycles. The maximum Gasteiger partial charge on any atom is 0.189 e. The zero-order valence-corrected chi connectivity index (χ0v) is 15.2. The van der Waals surface area contributed by atoms with Crippen molar-refractivity contribution in [1.29, 1.82) is 21.2 Å². The number of nitrogens with zero attached hydrogens (tertiary/aromatic N) is 4. The zero-order valence-electron chi connectivity index (χ0n) is 14.4. The Morgan fingerprint density at radius 3 is 2.42 bits per heavy atom. The van der Waals surface area contributed by atoms with Crippen molar-refractivity contribution in [2.45, 2.75) is 12.8 Å². The summed E-state index contributed by atoms with van der Waals surface area (Å²) in [6.45, 7) is 4.28. The minimum atomic E-state index is -1.66. The second kappa shape index (κ2) is 6.93. The highest BCUT2D eigenvalue weighted by atomic mass is 35.5. The summed E-state index contributed by atoms with van der Waals surface area (Å²) in [5.74, 6) is -1.49. The van der Waals surface area contributed by atoms with Crippen molar-refractivity contribution >= 4 is 17.3 Å². The predicted octanol–water partition coefficient (Wildman–Crippen LogP) is 3.51. The lowest BCUT2D eigenvalue weighted by Crippen LogP contribution is -2.52. The first-order valence-corrected chi connectivity index (χ1v) is 8.89. The van der Waals surface area contributed by atoms with Crippen LogP contribution in [0.3, 0.4) is 0 Å². The van der Waals surface area contributed by atoms with E-state index in [-0.39, 0.29) is 11.6 Å². The second-order valence-corrected chi connectivity index (χ2v) is 7.14. The Morgan fingerprint density at radius 1 is 1.23 bits per heavy atom. The quantitative estimate of drug-likeness (QED) is 0.812. The van der Waals surface area contributed by atoms with E-state index in [2.05, 4.69) is 30.0 Å². The lowest BCUT2D eigenvalue weighted by molar-refractivity contribution is 0.212. The van der Waals surface area contributed by atoms with Crippen molar-refractivity contribution in [3.8, 4) is 18.2 Å². The Labute approximate surface area is 158 Å². The maximum absolute atomic E-state index is 9.94. The van der Waals surface area contributed by atoms with Gasteiger partial charge in [0.15, 0.2) is 5.41 Å². The minimum absolute atomic E-state index is 0.114. The number of hydrogen-bond acceptors (Lipinski definition) is 5. The number of halogens is 1. The van der Waals surface area contributed by atoms with Crippen LogP contribution in [0.15, 0.2) is 35.9 Å². The SMILES string of the molecule is CCN1CC=C2C(C#N)C(=N)C(C#N)(C#N)[C@@H](c3ccc(Cl)cc3)[C@@H]2C1. The molecule has 3 rings (SSSR count). The van der Waals surface area contributed by atoms with Gasteiger partial charge in [0, 0.05) is 29.9 Å². The fraction of sp³-hybridized carbons (Fsp3) is 0.400. The van der Waals surface area contributed by atoms with E-state index in [1.54, 1.807) is 12.1 Å². The highest BCUT2D eigenvalue weighted by molar-refractivity contribution is 6.30. The summed E-state index contributed by atoms with van der Waals surface area (Å²) >= 11 is 6.01. The summed E-state index contributed by atoms with van der Waals surface area (Å²) in [5.41, 5.74) is -0.111. The molecule has 1 unspecified atom stereocenters. The van der Waals surface area contributed by atoms with Crippen LogP contribution in [0.1, 0.15) is 18.4 Å². The molecule has 0 saturated heterocycles. The number of rotatable bonds is 2. The van der Waals surface area contributed by atoms with Crippen molar-refractivity contribution in [2.24, 2.45) is 17.3 Å². The van der Waals surface area contributed by atoms with Gasteiger partial charge < -0.3 is 5.41 Å². The summed E-state index contributed by atoms with van der Waals surface area (Å²) in [6.07, 6.45) is 2.00. The van der Waals surface area contributed by atoms with E-state index in [1.807, 2.05) is 18.2 Å². The Balaban J connectivity index is 2.24. The number of nitriles is 3.